The molecule has 6 rings (SSSR count). The highest BCUT2D eigenvalue weighted by atomic mass is 16.2. The number of Topliss-reactive ketones (excluding diaryl/α,β-unsaturated/α-hetero) is 1. The summed E-state index contributed by atoms with van der Waals surface area (Å²) in [6.07, 6.45) is 0.403. The van der Waals surface area contributed by atoms with E-state index in [-0.39, 0.29) is 0 Å². The van der Waals surface area contributed by atoms with Crippen LogP contribution in [0.25, 0.3) is 0 Å². The van der Waals surface area contributed by atoms with Gasteiger partial charge in [-0.1, -0.05) is 97.1 Å². The van der Waals surface area contributed by atoms with E-state index in [0.717, 1.165) is 28.1 Å². The van der Waals surface area contributed by atoms with Gasteiger partial charge in [0.15, 0.2) is 5.66 Å². The van der Waals surface area contributed by atoms with Crippen molar-refractivity contribution in [3.05, 3.63) is 132 Å². The maximum Gasteiger partial charge on any atom is 0.290 e. The van der Waals surface area contributed by atoms with Gasteiger partial charge < -0.3 is 10.2 Å². The Kier molecular flexibility index (Phi) is 4.24. The molecule has 4 heteroatoms. The summed E-state index contributed by atoms with van der Waals surface area (Å²) in [5.41, 5.74) is 2.37. The lowest BCUT2D eigenvalue weighted by molar-refractivity contribution is -0.137. The molecule has 4 nitrogen and oxygen atoms in total. The minimum Gasteiger partial charge on any atom is -0.321 e. The zero-order chi connectivity index (χ0) is 22.5. The Bertz CT molecular complexity index is 1350. The minimum absolute atomic E-state index is 0.402. The highest BCUT2D eigenvalue weighted by Gasteiger charge is 2.73. The quantitative estimate of drug-likeness (QED) is 0.470. The normalized spacial score (nSPS) is 23.2. The molecule has 1 N–H and O–H groups in total. The number of benzene rings is 4. The van der Waals surface area contributed by atoms with Crippen LogP contribution in [0.3, 0.4) is 0 Å². The first-order chi connectivity index (χ1) is 16.2. The van der Waals surface area contributed by atoms with Crippen LogP contribution in [0.1, 0.15) is 16.7 Å². The molecule has 4 aromatic carbocycles. The van der Waals surface area contributed by atoms with Crippen molar-refractivity contribution in [1.29, 1.82) is 0 Å². The number of hydrogen-bond donors (Lipinski definition) is 1. The van der Waals surface area contributed by atoms with Gasteiger partial charge in [0.2, 0.25) is 5.78 Å². The number of amides is 1. The predicted molar refractivity (Wildman–Crippen MR) is 128 cm³/mol. The molecule has 0 unspecified atom stereocenters. The lowest BCUT2D eigenvalue weighted by Crippen LogP contribution is -2.59. The fourth-order valence-electron chi connectivity index (χ4n) is 5.70. The average molecular weight is 431 g/mol. The topological polar surface area (TPSA) is 49.4 Å². The third-order valence-corrected chi connectivity index (χ3v) is 6.96. The van der Waals surface area contributed by atoms with Crippen molar-refractivity contribution in [3.63, 3.8) is 0 Å². The molecule has 0 aromatic heterocycles. The van der Waals surface area contributed by atoms with Crippen LogP contribution in [-0.4, -0.2) is 11.7 Å². The van der Waals surface area contributed by atoms with E-state index in [0.29, 0.717) is 6.42 Å². The van der Waals surface area contributed by atoms with Gasteiger partial charge in [-0.3, -0.25) is 9.59 Å². The first-order valence-corrected chi connectivity index (χ1v) is 11.1. The maximum absolute atomic E-state index is 14.0. The number of rotatable bonds is 4. The van der Waals surface area contributed by atoms with Crippen molar-refractivity contribution in [1.82, 2.24) is 5.32 Å². The van der Waals surface area contributed by atoms with E-state index in [9.17, 15) is 9.59 Å². The molecule has 1 amide bonds. The second kappa shape index (κ2) is 7.17. The van der Waals surface area contributed by atoms with Gasteiger partial charge in [-0.2, -0.15) is 0 Å². The van der Waals surface area contributed by atoms with E-state index in [4.69, 9.17) is 0 Å². The molecule has 0 bridgehead atoms. The zero-order valence-corrected chi connectivity index (χ0v) is 17.9. The van der Waals surface area contributed by atoms with Gasteiger partial charge in [-0.15, -0.1) is 0 Å². The highest BCUT2D eigenvalue weighted by molar-refractivity contribution is 6.43. The first-order valence-electron chi connectivity index (χ1n) is 11.1. The van der Waals surface area contributed by atoms with Gasteiger partial charge in [-0.25, -0.2) is 0 Å². The number of nitrogens with zero attached hydrogens (tertiary/aromatic N) is 1. The van der Waals surface area contributed by atoms with Crippen molar-refractivity contribution in [3.8, 4) is 0 Å². The van der Waals surface area contributed by atoms with Crippen molar-refractivity contribution >= 4 is 23.1 Å². The molecule has 2 aliphatic rings. The van der Waals surface area contributed by atoms with Crippen LogP contribution in [-0.2, 0) is 27.1 Å². The Labute approximate surface area is 192 Å². The van der Waals surface area contributed by atoms with Crippen molar-refractivity contribution < 1.29 is 9.59 Å². The fraction of sp³-hybridized carbons (Fsp3) is 0.103. The third-order valence-electron chi connectivity index (χ3n) is 6.96. The number of fused-ring (bicyclic) bond motifs is 3. The van der Waals surface area contributed by atoms with Gasteiger partial charge in [-0.05, 0) is 41.3 Å². The monoisotopic (exact) mass is 430 g/mol. The van der Waals surface area contributed by atoms with Crippen molar-refractivity contribution in [2.75, 3.05) is 4.90 Å². The largest absolute Gasteiger partial charge is 0.321 e. The molecule has 2 heterocycles. The maximum atomic E-state index is 14.0. The molecule has 0 saturated carbocycles. The lowest BCUT2D eigenvalue weighted by atomic mass is 9.65. The molecular formula is C29H22N2O2. The standard InChI is InChI=1S/C29H22N2O2/c32-26-27(33)30-29(22-14-6-2-7-15-22)28(26,20-21-12-4-1-5-13-21)24-18-10-11-19-25(24)31(29)23-16-8-3-9-17-23/h1-19H,20H2,(H,30,33)/t28-,29+/m0/s1. The van der Waals surface area contributed by atoms with E-state index in [1.165, 1.54) is 0 Å². The predicted octanol–water partition coefficient (Wildman–Crippen LogP) is 4.87. The summed E-state index contributed by atoms with van der Waals surface area (Å²) in [6.45, 7) is 0. The molecule has 160 valence electrons. The van der Waals surface area contributed by atoms with Crippen LogP contribution in [0.5, 0.6) is 0 Å². The summed E-state index contributed by atoms with van der Waals surface area (Å²) in [5.74, 6) is -0.952. The number of hydrogen-bond acceptors (Lipinski definition) is 3. The summed E-state index contributed by atoms with van der Waals surface area (Å²) < 4.78 is 0. The van der Waals surface area contributed by atoms with Crippen LogP contribution in [0.15, 0.2) is 115 Å². The molecule has 1 fully saturated rings. The Hall–Kier alpha value is -4.18. The summed E-state index contributed by atoms with van der Waals surface area (Å²) >= 11 is 0. The summed E-state index contributed by atoms with van der Waals surface area (Å²) in [6, 6.07) is 37.8. The van der Waals surface area contributed by atoms with Gasteiger partial charge in [0.1, 0.15) is 5.41 Å². The minimum atomic E-state index is -1.13. The van der Waals surface area contributed by atoms with Gasteiger partial charge in [0, 0.05) is 11.4 Å². The molecule has 0 spiro atoms. The number of ketones is 1. The molecule has 1 saturated heterocycles. The van der Waals surface area contributed by atoms with Crippen LogP contribution in [0.2, 0.25) is 0 Å². The number of carbonyl (C=O) groups is 2. The van der Waals surface area contributed by atoms with E-state index in [1.807, 2.05) is 115 Å². The summed E-state index contributed by atoms with van der Waals surface area (Å²) in [7, 11) is 0. The molecule has 33 heavy (non-hydrogen) atoms. The average Bonchev–Trinajstić information content (AvgIpc) is 3.24. The number of carbonyl (C=O) groups excluding carboxylic acids is 2. The van der Waals surface area contributed by atoms with Crippen LogP contribution in [0, 0.1) is 0 Å². The number of nitrogens with one attached hydrogen (secondary N) is 1. The SMILES string of the molecule is O=C1N[C@]2(c3ccccc3)N(c3ccccc3)c3ccccc3[C@@]2(Cc2ccccc2)C1=O. The lowest BCUT2D eigenvalue weighted by Gasteiger charge is -2.45. The van der Waals surface area contributed by atoms with Crippen LogP contribution in [0.4, 0.5) is 11.4 Å². The Balaban J connectivity index is 1.74. The molecule has 2 atom stereocenters. The van der Waals surface area contributed by atoms with Crippen molar-refractivity contribution in [2.45, 2.75) is 17.5 Å². The number of para-hydroxylation sites is 2. The Morgan fingerprint density at radius 1 is 0.667 bits per heavy atom. The highest BCUT2D eigenvalue weighted by Crippen LogP contribution is 2.62. The number of anilines is 2. The van der Waals surface area contributed by atoms with E-state index in [1.54, 1.807) is 0 Å². The Morgan fingerprint density at radius 2 is 1.24 bits per heavy atom. The van der Waals surface area contributed by atoms with Gasteiger partial charge in [0.25, 0.3) is 5.91 Å². The van der Waals surface area contributed by atoms with Crippen LogP contribution < -0.4 is 10.2 Å². The van der Waals surface area contributed by atoms with Crippen molar-refractivity contribution in [2.24, 2.45) is 0 Å². The molecule has 0 radical (unpaired) electrons. The molecule has 0 aliphatic carbocycles. The second-order valence-electron chi connectivity index (χ2n) is 8.62. The Morgan fingerprint density at radius 3 is 1.94 bits per heavy atom. The molecule has 2 aliphatic heterocycles. The van der Waals surface area contributed by atoms with E-state index < -0.39 is 22.8 Å². The first kappa shape index (κ1) is 19.5. The zero-order valence-electron chi connectivity index (χ0n) is 17.9. The van der Waals surface area contributed by atoms with E-state index >= 15 is 0 Å². The molecular weight excluding hydrogens is 408 g/mol. The van der Waals surface area contributed by atoms with Crippen LogP contribution >= 0.6 is 0 Å². The summed E-state index contributed by atoms with van der Waals surface area (Å²) in [5, 5.41) is 3.19. The fourth-order valence-corrected chi connectivity index (χ4v) is 5.70. The van der Waals surface area contributed by atoms with E-state index in [2.05, 4.69) is 10.2 Å². The second-order valence-corrected chi connectivity index (χ2v) is 8.62. The van der Waals surface area contributed by atoms with Gasteiger partial charge >= 0.3 is 0 Å². The molecule has 4 aromatic rings. The van der Waals surface area contributed by atoms with Gasteiger partial charge in [0.05, 0.1) is 0 Å². The third kappa shape index (κ3) is 2.52. The summed E-state index contributed by atoms with van der Waals surface area (Å²) in [4.78, 5) is 29.4. The smallest absolute Gasteiger partial charge is 0.290 e.